The number of aromatic nitrogens is 1. The number of carboxylic acids is 1. The van der Waals surface area contributed by atoms with E-state index >= 15 is 0 Å². The molecule has 0 unspecified atom stereocenters. The number of aromatic amines is 1. The lowest BCUT2D eigenvalue weighted by atomic mass is 9.96. The molecule has 1 heterocycles. The Morgan fingerprint density at radius 3 is 2.38 bits per heavy atom. The quantitative estimate of drug-likeness (QED) is 0.686. The molecule has 24 heavy (non-hydrogen) atoms. The van der Waals surface area contributed by atoms with Crippen LogP contribution in [0.15, 0.2) is 42.5 Å². The van der Waals surface area contributed by atoms with Crippen LogP contribution in [0.5, 0.6) is 0 Å². The van der Waals surface area contributed by atoms with Crippen LogP contribution in [-0.2, 0) is 0 Å². The molecule has 5 heteroatoms. The zero-order valence-corrected chi connectivity index (χ0v) is 12.9. The smallest absolute Gasteiger partial charge is 0.335 e. The van der Waals surface area contributed by atoms with Crippen LogP contribution < -0.4 is 5.73 Å². The SMILES string of the molecule is NC(=O)c1cc2c(-c3ccc(C(=O)O)cc3)cc(C3CC3)cc2[nH]1. The molecule has 2 aromatic carbocycles. The third-order valence-corrected chi connectivity index (χ3v) is 4.52. The summed E-state index contributed by atoms with van der Waals surface area (Å²) in [6.45, 7) is 0. The fraction of sp³-hybridized carbons (Fsp3) is 0.158. The van der Waals surface area contributed by atoms with Gasteiger partial charge in [0.05, 0.1) is 5.56 Å². The highest BCUT2D eigenvalue weighted by atomic mass is 16.4. The van der Waals surface area contributed by atoms with E-state index in [2.05, 4.69) is 17.1 Å². The maximum atomic E-state index is 11.5. The molecule has 5 nitrogen and oxygen atoms in total. The number of fused-ring (bicyclic) bond motifs is 1. The molecule has 0 radical (unpaired) electrons. The predicted molar refractivity (Wildman–Crippen MR) is 91.2 cm³/mol. The monoisotopic (exact) mass is 320 g/mol. The van der Waals surface area contributed by atoms with Crippen molar-refractivity contribution in [2.75, 3.05) is 0 Å². The average molecular weight is 320 g/mol. The van der Waals surface area contributed by atoms with E-state index in [1.807, 2.05) is 0 Å². The molecule has 4 rings (SSSR count). The van der Waals surface area contributed by atoms with Gasteiger partial charge in [0.25, 0.3) is 5.91 Å². The van der Waals surface area contributed by atoms with E-state index in [0.29, 0.717) is 11.6 Å². The summed E-state index contributed by atoms with van der Waals surface area (Å²) >= 11 is 0. The van der Waals surface area contributed by atoms with Gasteiger partial charge in [-0.2, -0.15) is 0 Å². The predicted octanol–water partition coefficient (Wildman–Crippen LogP) is 3.51. The first-order valence-electron chi connectivity index (χ1n) is 7.83. The Labute approximate surface area is 138 Å². The number of rotatable bonds is 4. The Kier molecular flexibility index (Phi) is 3.16. The van der Waals surface area contributed by atoms with Crippen molar-refractivity contribution in [1.29, 1.82) is 0 Å². The fourth-order valence-corrected chi connectivity index (χ4v) is 3.08. The number of H-pyrrole nitrogens is 1. The summed E-state index contributed by atoms with van der Waals surface area (Å²) in [6.07, 6.45) is 2.35. The van der Waals surface area contributed by atoms with Gasteiger partial charge in [-0.15, -0.1) is 0 Å². The van der Waals surface area contributed by atoms with E-state index in [1.54, 1.807) is 30.3 Å². The molecule has 1 aliphatic carbocycles. The summed E-state index contributed by atoms with van der Waals surface area (Å²) in [6, 6.07) is 12.7. The molecule has 0 atom stereocenters. The van der Waals surface area contributed by atoms with Crippen molar-refractivity contribution < 1.29 is 14.7 Å². The fourth-order valence-electron chi connectivity index (χ4n) is 3.08. The minimum absolute atomic E-state index is 0.250. The second-order valence-corrected chi connectivity index (χ2v) is 6.23. The zero-order valence-electron chi connectivity index (χ0n) is 12.9. The molecule has 0 saturated heterocycles. The summed E-state index contributed by atoms with van der Waals surface area (Å²) in [7, 11) is 0. The van der Waals surface area contributed by atoms with Gasteiger partial charge in [0, 0.05) is 10.9 Å². The molecule has 120 valence electrons. The van der Waals surface area contributed by atoms with E-state index in [1.165, 1.54) is 18.4 Å². The molecule has 1 amide bonds. The number of carbonyl (C=O) groups is 2. The van der Waals surface area contributed by atoms with E-state index in [4.69, 9.17) is 10.8 Å². The molecular formula is C19H16N2O3. The molecule has 3 aromatic rings. The Morgan fingerprint density at radius 2 is 1.79 bits per heavy atom. The van der Waals surface area contributed by atoms with Crippen molar-refractivity contribution in [3.05, 3.63) is 59.3 Å². The highest BCUT2D eigenvalue weighted by molar-refractivity contribution is 6.03. The van der Waals surface area contributed by atoms with Gasteiger partial charge in [-0.1, -0.05) is 18.2 Å². The van der Waals surface area contributed by atoms with Gasteiger partial charge in [-0.05, 0) is 59.7 Å². The first-order chi connectivity index (χ1) is 11.5. The number of primary amides is 1. The van der Waals surface area contributed by atoms with Gasteiger partial charge in [0.2, 0.25) is 0 Å². The standard InChI is InChI=1S/C19H16N2O3/c20-18(22)17-9-15-14(11-3-5-12(6-4-11)19(23)24)7-13(10-1-2-10)8-16(15)21-17/h3-10,21H,1-2H2,(H2,20,22)(H,23,24). The third kappa shape index (κ3) is 2.44. The number of aromatic carboxylic acids is 1. The van der Waals surface area contributed by atoms with E-state index in [-0.39, 0.29) is 5.56 Å². The van der Waals surface area contributed by atoms with Crippen molar-refractivity contribution in [1.82, 2.24) is 4.98 Å². The Morgan fingerprint density at radius 1 is 1.08 bits per heavy atom. The van der Waals surface area contributed by atoms with Crippen LogP contribution in [0, 0.1) is 0 Å². The lowest BCUT2D eigenvalue weighted by Crippen LogP contribution is -2.10. The second kappa shape index (κ2) is 5.23. The van der Waals surface area contributed by atoms with Crippen LogP contribution in [0.2, 0.25) is 0 Å². The van der Waals surface area contributed by atoms with Crippen molar-refractivity contribution in [3.8, 4) is 11.1 Å². The number of carboxylic acid groups (broad SMARTS) is 1. The summed E-state index contributed by atoms with van der Waals surface area (Å²) in [5.41, 5.74) is 10.0. The number of hydrogen-bond acceptors (Lipinski definition) is 2. The van der Waals surface area contributed by atoms with E-state index in [0.717, 1.165) is 22.0 Å². The normalized spacial score (nSPS) is 14.0. The van der Waals surface area contributed by atoms with Crippen LogP contribution in [0.3, 0.4) is 0 Å². The van der Waals surface area contributed by atoms with E-state index in [9.17, 15) is 9.59 Å². The number of nitrogens with two attached hydrogens (primary N) is 1. The van der Waals surface area contributed by atoms with Crippen LogP contribution in [-0.4, -0.2) is 22.0 Å². The lowest BCUT2D eigenvalue weighted by Gasteiger charge is -2.08. The second-order valence-electron chi connectivity index (χ2n) is 6.23. The molecule has 0 aliphatic heterocycles. The zero-order chi connectivity index (χ0) is 16.8. The molecule has 4 N–H and O–H groups in total. The Bertz CT molecular complexity index is 966. The lowest BCUT2D eigenvalue weighted by molar-refractivity contribution is 0.0696. The van der Waals surface area contributed by atoms with Crippen LogP contribution in [0.25, 0.3) is 22.0 Å². The first kappa shape index (κ1) is 14.5. The third-order valence-electron chi connectivity index (χ3n) is 4.52. The summed E-state index contributed by atoms with van der Waals surface area (Å²) in [5.74, 6) is -0.880. The highest BCUT2D eigenvalue weighted by Crippen LogP contribution is 2.43. The largest absolute Gasteiger partial charge is 0.478 e. The van der Waals surface area contributed by atoms with Gasteiger partial charge >= 0.3 is 5.97 Å². The number of carbonyl (C=O) groups excluding carboxylic acids is 1. The number of benzene rings is 2. The molecule has 0 bridgehead atoms. The molecule has 1 aromatic heterocycles. The first-order valence-corrected chi connectivity index (χ1v) is 7.83. The van der Waals surface area contributed by atoms with Crippen molar-refractivity contribution in [3.63, 3.8) is 0 Å². The van der Waals surface area contributed by atoms with Crippen LogP contribution >= 0.6 is 0 Å². The van der Waals surface area contributed by atoms with E-state index < -0.39 is 11.9 Å². The summed E-state index contributed by atoms with van der Waals surface area (Å²) in [4.78, 5) is 25.6. The Balaban J connectivity index is 1.91. The van der Waals surface area contributed by atoms with Gasteiger partial charge in [-0.25, -0.2) is 4.79 Å². The minimum Gasteiger partial charge on any atom is -0.478 e. The average Bonchev–Trinajstić information content (AvgIpc) is 3.32. The molecule has 0 spiro atoms. The maximum Gasteiger partial charge on any atom is 0.335 e. The van der Waals surface area contributed by atoms with Gasteiger partial charge in [0.1, 0.15) is 5.69 Å². The highest BCUT2D eigenvalue weighted by Gasteiger charge is 2.25. The summed E-state index contributed by atoms with van der Waals surface area (Å²) < 4.78 is 0. The maximum absolute atomic E-state index is 11.5. The van der Waals surface area contributed by atoms with Crippen LogP contribution in [0.4, 0.5) is 0 Å². The topological polar surface area (TPSA) is 96.2 Å². The number of hydrogen-bond donors (Lipinski definition) is 3. The minimum atomic E-state index is -0.948. The van der Waals surface area contributed by atoms with Crippen molar-refractivity contribution >= 4 is 22.8 Å². The molecule has 1 fully saturated rings. The van der Waals surface area contributed by atoms with Gasteiger partial charge in [0.15, 0.2) is 0 Å². The summed E-state index contributed by atoms with van der Waals surface area (Å²) in [5, 5.41) is 9.96. The molecule has 1 saturated carbocycles. The van der Waals surface area contributed by atoms with Gasteiger partial charge in [-0.3, -0.25) is 4.79 Å². The number of nitrogens with one attached hydrogen (secondary N) is 1. The molecule has 1 aliphatic rings. The van der Waals surface area contributed by atoms with Crippen molar-refractivity contribution in [2.24, 2.45) is 5.73 Å². The van der Waals surface area contributed by atoms with Crippen LogP contribution in [0.1, 0.15) is 45.2 Å². The Hall–Kier alpha value is -3.08. The number of amides is 1. The van der Waals surface area contributed by atoms with Crippen molar-refractivity contribution in [2.45, 2.75) is 18.8 Å². The van der Waals surface area contributed by atoms with Gasteiger partial charge < -0.3 is 15.8 Å². The molecular weight excluding hydrogens is 304 g/mol.